The van der Waals surface area contributed by atoms with E-state index in [4.69, 9.17) is 0 Å². The van der Waals surface area contributed by atoms with Gasteiger partial charge in [0, 0.05) is 13.1 Å². The maximum absolute atomic E-state index is 12.3. The summed E-state index contributed by atoms with van der Waals surface area (Å²) in [5, 5.41) is 0. The zero-order valence-electron chi connectivity index (χ0n) is 12.3. The van der Waals surface area contributed by atoms with Crippen molar-refractivity contribution in [3.05, 3.63) is 0 Å². The van der Waals surface area contributed by atoms with Gasteiger partial charge in [-0.25, -0.2) is 0 Å². The number of rotatable bonds is 3. The van der Waals surface area contributed by atoms with E-state index in [1.165, 1.54) is 11.3 Å². The fourth-order valence-corrected chi connectivity index (χ4v) is 3.92. The minimum absolute atomic E-state index is 0.359. The lowest BCUT2D eigenvalue weighted by Crippen LogP contribution is -2.49. The lowest BCUT2D eigenvalue weighted by Gasteiger charge is -2.41. The standard InChI is InChI=1S/C13H20F3NO4S/c1-9(21-22(19,20)13(14,15)16)12(18)17-7-6-10-4-2-3-5-11(10)8-17/h9-11H,2-8H2,1H3/t9-,10?,11?/m1/s1. The second-order valence-electron chi connectivity index (χ2n) is 6.02. The molecule has 22 heavy (non-hydrogen) atoms. The van der Waals surface area contributed by atoms with Gasteiger partial charge in [0.2, 0.25) is 0 Å². The van der Waals surface area contributed by atoms with E-state index < -0.39 is 27.6 Å². The Morgan fingerprint density at radius 1 is 1.18 bits per heavy atom. The largest absolute Gasteiger partial charge is 0.523 e. The van der Waals surface area contributed by atoms with Crippen LogP contribution >= 0.6 is 0 Å². The van der Waals surface area contributed by atoms with Crippen molar-refractivity contribution in [2.45, 2.75) is 50.6 Å². The number of fused-ring (bicyclic) bond motifs is 1. The molecular formula is C13H20F3NO4S. The van der Waals surface area contributed by atoms with Crippen LogP contribution in [0.5, 0.6) is 0 Å². The fourth-order valence-electron chi connectivity index (χ4n) is 3.34. The molecule has 1 heterocycles. The minimum Gasteiger partial charge on any atom is -0.340 e. The van der Waals surface area contributed by atoms with Gasteiger partial charge in [-0.3, -0.25) is 8.98 Å². The molecule has 0 aromatic carbocycles. The van der Waals surface area contributed by atoms with Gasteiger partial charge >= 0.3 is 15.6 Å². The second kappa shape index (κ2) is 6.35. The number of hydrogen-bond acceptors (Lipinski definition) is 4. The molecule has 1 saturated carbocycles. The van der Waals surface area contributed by atoms with E-state index >= 15 is 0 Å². The van der Waals surface area contributed by atoms with Gasteiger partial charge in [-0.05, 0) is 31.6 Å². The lowest BCUT2D eigenvalue weighted by atomic mass is 9.75. The van der Waals surface area contributed by atoms with E-state index in [0.717, 1.165) is 32.6 Å². The molecule has 0 aromatic rings. The Balaban J connectivity index is 1.96. The third kappa shape index (κ3) is 3.73. The van der Waals surface area contributed by atoms with E-state index in [1.54, 1.807) is 0 Å². The molecule has 0 bridgehead atoms. The van der Waals surface area contributed by atoms with Crippen molar-refractivity contribution >= 4 is 16.0 Å². The number of piperidine rings is 1. The highest BCUT2D eigenvalue weighted by Crippen LogP contribution is 2.36. The first-order chi connectivity index (χ1) is 10.1. The summed E-state index contributed by atoms with van der Waals surface area (Å²) >= 11 is 0. The molecule has 1 saturated heterocycles. The molecule has 0 aromatic heterocycles. The SMILES string of the molecule is C[C@@H](OS(=O)(=O)C(F)(F)F)C(=O)N1CCC2CCCCC2C1. The van der Waals surface area contributed by atoms with Crippen LogP contribution in [-0.4, -0.2) is 43.9 Å². The number of nitrogens with zero attached hydrogens (tertiary/aromatic N) is 1. The van der Waals surface area contributed by atoms with Gasteiger partial charge in [0.25, 0.3) is 5.91 Å². The molecule has 2 unspecified atom stereocenters. The average Bonchev–Trinajstić information content (AvgIpc) is 2.44. The summed E-state index contributed by atoms with van der Waals surface area (Å²) in [4.78, 5) is 13.6. The Morgan fingerprint density at radius 3 is 2.36 bits per heavy atom. The molecule has 3 atom stereocenters. The molecule has 0 radical (unpaired) electrons. The predicted octanol–water partition coefficient (Wildman–Crippen LogP) is 2.28. The van der Waals surface area contributed by atoms with Crippen molar-refractivity contribution in [1.82, 2.24) is 4.90 Å². The van der Waals surface area contributed by atoms with Crippen molar-refractivity contribution in [3.63, 3.8) is 0 Å². The summed E-state index contributed by atoms with van der Waals surface area (Å²) in [5.41, 5.74) is -5.52. The first-order valence-electron chi connectivity index (χ1n) is 7.40. The summed E-state index contributed by atoms with van der Waals surface area (Å²) in [5.74, 6) is 0.225. The Morgan fingerprint density at radius 2 is 1.77 bits per heavy atom. The normalized spacial score (nSPS) is 28.1. The fraction of sp³-hybridized carbons (Fsp3) is 0.923. The van der Waals surface area contributed by atoms with Crippen LogP contribution in [0.1, 0.15) is 39.0 Å². The van der Waals surface area contributed by atoms with Crippen LogP contribution in [0.2, 0.25) is 0 Å². The predicted molar refractivity (Wildman–Crippen MR) is 72.2 cm³/mol. The van der Waals surface area contributed by atoms with Crippen molar-refractivity contribution in [2.24, 2.45) is 11.8 Å². The quantitative estimate of drug-likeness (QED) is 0.583. The Kier molecular flexibility index (Phi) is 5.06. The van der Waals surface area contributed by atoms with E-state index in [9.17, 15) is 26.4 Å². The van der Waals surface area contributed by atoms with Crippen molar-refractivity contribution in [3.8, 4) is 0 Å². The minimum atomic E-state index is -5.75. The van der Waals surface area contributed by atoms with Crippen LogP contribution < -0.4 is 0 Å². The highest BCUT2D eigenvalue weighted by Gasteiger charge is 2.49. The van der Waals surface area contributed by atoms with Gasteiger partial charge in [-0.15, -0.1) is 0 Å². The Labute approximate surface area is 127 Å². The molecule has 1 amide bonds. The van der Waals surface area contributed by atoms with Crippen LogP contribution in [0.3, 0.4) is 0 Å². The first kappa shape index (κ1) is 17.5. The van der Waals surface area contributed by atoms with Crippen LogP contribution in [-0.2, 0) is 19.1 Å². The number of alkyl halides is 3. The summed E-state index contributed by atoms with van der Waals surface area (Å²) in [6, 6.07) is 0. The molecule has 2 rings (SSSR count). The highest BCUT2D eigenvalue weighted by atomic mass is 32.2. The summed E-state index contributed by atoms with van der Waals surface area (Å²) in [7, 11) is -5.75. The van der Waals surface area contributed by atoms with Crippen molar-refractivity contribution in [2.75, 3.05) is 13.1 Å². The molecule has 0 spiro atoms. The van der Waals surface area contributed by atoms with Crippen molar-refractivity contribution in [1.29, 1.82) is 0 Å². The monoisotopic (exact) mass is 343 g/mol. The van der Waals surface area contributed by atoms with Gasteiger partial charge in [-0.2, -0.15) is 21.6 Å². The van der Waals surface area contributed by atoms with E-state index in [0.29, 0.717) is 24.9 Å². The molecule has 1 aliphatic carbocycles. The molecular weight excluding hydrogens is 323 g/mol. The maximum atomic E-state index is 12.3. The zero-order chi connectivity index (χ0) is 16.5. The maximum Gasteiger partial charge on any atom is 0.523 e. The van der Waals surface area contributed by atoms with Crippen LogP contribution in [0.4, 0.5) is 13.2 Å². The molecule has 5 nitrogen and oxygen atoms in total. The smallest absolute Gasteiger partial charge is 0.340 e. The summed E-state index contributed by atoms with van der Waals surface area (Å²) in [6.07, 6.45) is 3.56. The molecule has 128 valence electrons. The van der Waals surface area contributed by atoms with Crippen molar-refractivity contribution < 1.29 is 30.6 Å². The third-order valence-corrected chi connectivity index (χ3v) is 5.61. The van der Waals surface area contributed by atoms with Crippen LogP contribution in [0.15, 0.2) is 0 Å². The topological polar surface area (TPSA) is 63.7 Å². The highest BCUT2D eigenvalue weighted by molar-refractivity contribution is 7.87. The number of likely N-dealkylation sites (tertiary alicyclic amines) is 1. The Bertz CT molecular complexity index is 520. The van der Waals surface area contributed by atoms with Crippen LogP contribution in [0, 0.1) is 11.8 Å². The summed E-state index contributed by atoms with van der Waals surface area (Å²) < 4.78 is 62.8. The van der Waals surface area contributed by atoms with Gasteiger partial charge in [0.1, 0.15) is 0 Å². The number of halogens is 3. The van der Waals surface area contributed by atoms with E-state index in [2.05, 4.69) is 4.18 Å². The molecule has 0 N–H and O–H groups in total. The zero-order valence-corrected chi connectivity index (χ0v) is 13.1. The van der Waals surface area contributed by atoms with Gasteiger partial charge < -0.3 is 4.90 Å². The van der Waals surface area contributed by atoms with Gasteiger partial charge in [-0.1, -0.05) is 19.3 Å². The third-order valence-electron chi connectivity index (χ3n) is 4.51. The number of hydrogen-bond donors (Lipinski definition) is 0. The number of carbonyl (C=O) groups excluding carboxylic acids is 1. The first-order valence-corrected chi connectivity index (χ1v) is 8.81. The molecule has 2 aliphatic rings. The lowest BCUT2D eigenvalue weighted by molar-refractivity contribution is -0.141. The second-order valence-corrected chi connectivity index (χ2v) is 7.58. The van der Waals surface area contributed by atoms with E-state index in [-0.39, 0.29) is 0 Å². The average molecular weight is 343 g/mol. The summed E-state index contributed by atoms with van der Waals surface area (Å²) in [6.45, 7) is 1.96. The molecule has 9 heteroatoms. The Hall–Kier alpha value is -0.830. The number of amides is 1. The number of carbonyl (C=O) groups is 1. The van der Waals surface area contributed by atoms with Gasteiger partial charge in [0.05, 0.1) is 0 Å². The molecule has 1 aliphatic heterocycles. The molecule has 2 fully saturated rings. The van der Waals surface area contributed by atoms with Crippen LogP contribution in [0.25, 0.3) is 0 Å². The van der Waals surface area contributed by atoms with Gasteiger partial charge in [0.15, 0.2) is 6.10 Å². The van der Waals surface area contributed by atoms with E-state index in [1.807, 2.05) is 0 Å².